The molecule has 5 heteroatoms. The molecule has 5 nitrogen and oxygen atoms in total. The van der Waals surface area contributed by atoms with E-state index in [0.717, 1.165) is 47.3 Å². The topological polar surface area (TPSA) is 61.8 Å². The molecule has 0 unspecified atom stereocenters. The smallest absolute Gasteiger partial charge is 0.341 e. The number of benzene rings is 2. The number of hydrogen-bond donors (Lipinski definition) is 0. The fraction of sp³-hybridized carbons (Fsp3) is 0.526. The van der Waals surface area contributed by atoms with Crippen molar-refractivity contribution in [3.05, 3.63) is 72.3 Å². The van der Waals surface area contributed by atoms with Crippen LogP contribution in [0.2, 0.25) is 0 Å². The molecular formula is C38H50O5. The molecule has 0 aromatic heterocycles. The number of unbranched alkanes of at least 4 members (excludes halogenated alkanes) is 2. The van der Waals surface area contributed by atoms with E-state index < -0.39 is 5.97 Å². The van der Waals surface area contributed by atoms with Crippen LogP contribution in [0.4, 0.5) is 0 Å². The minimum atomic E-state index is -0.504. The van der Waals surface area contributed by atoms with Crippen LogP contribution in [0.3, 0.4) is 0 Å². The Balaban J connectivity index is 1.43. The monoisotopic (exact) mass is 586 g/mol. The highest BCUT2D eigenvalue weighted by atomic mass is 16.5. The molecule has 2 fully saturated rings. The summed E-state index contributed by atoms with van der Waals surface area (Å²) < 4.78 is 16.2. The van der Waals surface area contributed by atoms with Crippen molar-refractivity contribution in [3.8, 4) is 22.6 Å². The average molecular weight is 587 g/mol. The van der Waals surface area contributed by atoms with Crippen molar-refractivity contribution in [3.63, 3.8) is 0 Å². The molecule has 2 aromatic carbocycles. The van der Waals surface area contributed by atoms with Gasteiger partial charge in [-0.3, -0.25) is 0 Å². The largest absolute Gasteiger partial charge is 0.423 e. The maximum Gasteiger partial charge on any atom is 0.341 e. The standard InChI is InChI=1S/C38H50O5/c1-6-7-8-9-28-10-12-29(13-11-28)30-14-16-32(17-15-30)35-24-33(20-23-36(35)43-37(39)26(2)3)31-18-21-34(22-19-31)42-38(40)27(4)25-41-5/h18-24,28-30,32H,2,4,6-17,25H2,1,3,5H3. The zero-order valence-corrected chi connectivity index (χ0v) is 26.5. The zero-order valence-electron chi connectivity index (χ0n) is 26.5. The number of methoxy groups -OCH3 is 1. The molecule has 2 saturated carbocycles. The molecule has 0 saturated heterocycles. The van der Waals surface area contributed by atoms with Gasteiger partial charge in [0.1, 0.15) is 11.5 Å². The van der Waals surface area contributed by atoms with Gasteiger partial charge < -0.3 is 14.2 Å². The van der Waals surface area contributed by atoms with Crippen LogP contribution < -0.4 is 9.47 Å². The molecule has 0 aliphatic heterocycles. The maximum absolute atomic E-state index is 12.5. The van der Waals surface area contributed by atoms with E-state index in [9.17, 15) is 9.59 Å². The Labute approximate surface area is 258 Å². The Hall–Kier alpha value is -3.18. The fourth-order valence-electron chi connectivity index (χ4n) is 6.99. The van der Waals surface area contributed by atoms with Crippen LogP contribution in [-0.2, 0) is 14.3 Å². The average Bonchev–Trinajstić information content (AvgIpc) is 3.02. The zero-order chi connectivity index (χ0) is 30.8. The number of esters is 2. The molecule has 0 atom stereocenters. The first-order valence-corrected chi connectivity index (χ1v) is 16.3. The lowest BCUT2D eigenvalue weighted by Gasteiger charge is -2.38. The Morgan fingerprint density at radius 1 is 0.791 bits per heavy atom. The minimum Gasteiger partial charge on any atom is -0.423 e. The summed E-state index contributed by atoms with van der Waals surface area (Å²) >= 11 is 0. The van der Waals surface area contributed by atoms with Crippen LogP contribution in [0.25, 0.3) is 11.1 Å². The van der Waals surface area contributed by atoms with Crippen LogP contribution in [0.1, 0.15) is 102 Å². The Bertz CT molecular complexity index is 1240. The maximum atomic E-state index is 12.5. The molecule has 4 rings (SSSR count). The van der Waals surface area contributed by atoms with E-state index in [4.69, 9.17) is 14.2 Å². The molecule has 0 radical (unpaired) electrons. The summed E-state index contributed by atoms with van der Waals surface area (Å²) in [6.07, 6.45) is 15.8. The predicted octanol–water partition coefficient (Wildman–Crippen LogP) is 9.60. The lowest BCUT2D eigenvalue weighted by atomic mass is 9.67. The summed E-state index contributed by atoms with van der Waals surface area (Å²) in [6.45, 7) is 11.6. The summed E-state index contributed by atoms with van der Waals surface area (Å²) in [5.41, 5.74) is 3.79. The van der Waals surface area contributed by atoms with Gasteiger partial charge in [-0.15, -0.1) is 0 Å². The van der Waals surface area contributed by atoms with Gasteiger partial charge in [-0.25, -0.2) is 9.59 Å². The van der Waals surface area contributed by atoms with Crippen molar-refractivity contribution < 1.29 is 23.8 Å². The molecule has 43 heavy (non-hydrogen) atoms. The Morgan fingerprint density at radius 3 is 2.02 bits per heavy atom. The lowest BCUT2D eigenvalue weighted by Crippen LogP contribution is -2.25. The minimum absolute atomic E-state index is 0.129. The third kappa shape index (κ3) is 9.15. The van der Waals surface area contributed by atoms with Crippen molar-refractivity contribution in [1.82, 2.24) is 0 Å². The van der Waals surface area contributed by atoms with E-state index in [1.54, 1.807) is 19.1 Å². The molecule has 2 aromatic rings. The second-order valence-electron chi connectivity index (χ2n) is 12.8. The van der Waals surface area contributed by atoms with Crippen molar-refractivity contribution in [2.24, 2.45) is 17.8 Å². The second kappa shape index (κ2) is 16.0. The van der Waals surface area contributed by atoms with E-state index in [-0.39, 0.29) is 18.1 Å². The van der Waals surface area contributed by atoms with Crippen LogP contribution in [0.5, 0.6) is 11.5 Å². The van der Waals surface area contributed by atoms with Crippen LogP contribution in [-0.4, -0.2) is 25.7 Å². The molecule has 0 spiro atoms. The third-order valence-electron chi connectivity index (χ3n) is 9.55. The number of rotatable bonds is 13. The molecule has 0 heterocycles. The fourth-order valence-corrected chi connectivity index (χ4v) is 6.99. The molecule has 2 aliphatic rings. The van der Waals surface area contributed by atoms with Gasteiger partial charge in [0, 0.05) is 12.7 Å². The van der Waals surface area contributed by atoms with E-state index in [0.29, 0.717) is 23.0 Å². The Morgan fingerprint density at radius 2 is 1.42 bits per heavy atom. The first-order valence-electron chi connectivity index (χ1n) is 16.3. The highest BCUT2D eigenvalue weighted by Crippen LogP contribution is 2.46. The van der Waals surface area contributed by atoms with Gasteiger partial charge in [0.25, 0.3) is 0 Å². The van der Waals surface area contributed by atoms with Crippen LogP contribution in [0, 0.1) is 17.8 Å². The van der Waals surface area contributed by atoms with Crippen molar-refractivity contribution >= 4 is 11.9 Å². The number of ether oxygens (including phenoxy) is 3. The van der Waals surface area contributed by atoms with E-state index in [1.807, 2.05) is 24.3 Å². The highest BCUT2D eigenvalue weighted by Gasteiger charge is 2.32. The molecule has 2 aliphatic carbocycles. The molecule has 232 valence electrons. The van der Waals surface area contributed by atoms with Gasteiger partial charge in [-0.05, 0) is 110 Å². The third-order valence-corrected chi connectivity index (χ3v) is 9.55. The van der Waals surface area contributed by atoms with E-state index in [1.165, 1.54) is 71.3 Å². The first-order chi connectivity index (χ1) is 20.8. The number of hydrogen-bond acceptors (Lipinski definition) is 5. The lowest BCUT2D eigenvalue weighted by molar-refractivity contribution is -0.131. The van der Waals surface area contributed by atoms with Crippen LogP contribution >= 0.6 is 0 Å². The van der Waals surface area contributed by atoms with E-state index in [2.05, 4.69) is 26.1 Å². The summed E-state index contributed by atoms with van der Waals surface area (Å²) in [7, 11) is 1.51. The summed E-state index contributed by atoms with van der Waals surface area (Å²) in [6, 6.07) is 13.5. The van der Waals surface area contributed by atoms with Gasteiger partial charge >= 0.3 is 11.9 Å². The van der Waals surface area contributed by atoms with Gasteiger partial charge in [0.05, 0.1) is 12.2 Å². The molecule has 0 bridgehead atoms. The van der Waals surface area contributed by atoms with Crippen molar-refractivity contribution in [1.29, 1.82) is 0 Å². The SMILES string of the molecule is C=C(C)C(=O)Oc1ccc(-c2ccc(OC(=O)C(=C)COC)cc2)cc1C1CCC(C2CCC(CCCCC)CC2)CC1. The van der Waals surface area contributed by atoms with Crippen molar-refractivity contribution in [2.75, 3.05) is 13.7 Å². The van der Waals surface area contributed by atoms with Gasteiger partial charge in [-0.2, -0.15) is 0 Å². The summed E-state index contributed by atoms with van der Waals surface area (Å²) in [4.78, 5) is 24.7. The highest BCUT2D eigenvalue weighted by molar-refractivity contribution is 5.90. The quantitative estimate of drug-likeness (QED) is 0.101. The van der Waals surface area contributed by atoms with Crippen molar-refractivity contribution in [2.45, 2.75) is 96.8 Å². The first kappa shape index (κ1) is 32.7. The molecule has 0 amide bonds. The Kier molecular flexibility index (Phi) is 12.2. The molecule has 0 N–H and O–H groups in total. The number of carbonyl (C=O) groups excluding carboxylic acids is 2. The number of carbonyl (C=O) groups is 2. The molecular weight excluding hydrogens is 536 g/mol. The van der Waals surface area contributed by atoms with Crippen LogP contribution in [0.15, 0.2) is 66.8 Å². The summed E-state index contributed by atoms with van der Waals surface area (Å²) in [5, 5.41) is 0. The van der Waals surface area contributed by atoms with E-state index >= 15 is 0 Å². The van der Waals surface area contributed by atoms with Gasteiger partial charge in [0.15, 0.2) is 0 Å². The second-order valence-corrected chi connectivity index (χ2v) is 12.8. The normalized spacial score (nSPS) is 22.0. The predicted molar refractivity (Wildman–Crippen MR) is 173 cm³/mol. The van der Waals surface area contributed by atoms with Gasteiger partial charge in [0.2, 0.25) is 0 Å². The summed E-state index contributed by atoms with van der Waals surface area (Å²) in [5.74, 6) is 3.17. The van der Waals surface area contributed by atoms with Gasteiger partial charge in [-0.1, -0.05) is 76.8 Å².